The van der Waals surface area contributed by atoms with E-state index < -0.39 is 10.0 Å². The molecule has 3 aromatic rings. The average Bonchev–Trinajstić information content (AvgIpc) is 3.33. The fraction of sp³-hybridized carbons (Fsp3) is 0.217. The summed E-state index contributed by atoms with van der Waals surface area (Å²) in [5.41, 5.74) is 1.89. The number of carbonyl (C=O) groups is 1. The van der Waals surface area contributed by atoms with Gasteiger partial charge in [-0.2, -0.15) is 4.31 Å². The zero-order chi connectivity index (χ0) is 23.4. The molecule has 0 saturated carbocycles. The van der Waals surface area contributed by atoms with Gasteiger partial charge in [0.15, 0.2) is 5.13 Å². The number of anilines is 1. The van der Waals surface area contributed by atoms with Gasteiger partial charge >= 0.3 is 0 Å². The Labute approximate surface area is 201 Å². The summed E-state index contributed by atoms with van der Waals surface area (Å²) in [5, 5.41) is 2.43. The monoisotopic (exact) mass is 503 g/mol. The van der Waals surface area contributed by atoms with Crippen molar-refractivity contribution in [1.29, 1.82) is 0 Å². The number of hydrogen-bond donors (Lipinski definition) is 0. The van der Waals surface area contributed by atoms with Gasteiger partial charge in [0.05, 0.1) is 23.9 Å². The molecule has 1 saturated heterocycles. The number of thiazole rings is 1. The van der Waals surface area contributed by atoms with Gasteiger partial charge in [-0.05, 0) is 18.2 Å². The van der Waals surface area contributed by atoms with Crippen molar-refractivity contribution in [1.82, 2.24) is 9.29 Å². The van der Waals surface area contributed by atoms with Gasteiger partial charge in [0.25, 0.3) is 5.91 Å². The van der Waals surface area contributed by atoms with Crippen LogP contribution in [0, 0.1) is 0 Å². The number of sulfonamides is 1. The van der Waals surface area contributed by atoms with E-state index in [0.29, 0.717) is 18.3 Å². The van der Waals surface area contributed by atoms with Gasteiger partial charge < -0.3 is 4.74 Å². The highest BCUT2D eigenvalue weighted by Gasteiger charge is 2.30. The molecular weight excluding hydrogens is 482 g/mol. The van der Waals surface area contributed by atoms with E-state index in [4.69, 9.17) is 16.3 Å². The number of amides is 1. The highest BCUT2D eigenvalue weighted by molar-refractivity contribution is 7.89. The second kappa shape index (κ2) is 10.1. The number of nitrogens with zero attached hydrogens (tertiary/aromatic N) is 3. The second-order valence-corrected chi connectivity index (χ2v) is 10.4. The van der Waals surface area contributed by atoms with E-state index in [0.717, 1.165) is 11.3 Å². The van der Waals surface area contributed by atoms with Crippen LogP contribution in [0.2, 0.25) is 5.02 Å². The summed E-state index contributed by atoms with van der Waals surface area (Å²) in [6.07, 6.45) is 1.60. The lowest BCUT2D eigenvalue weighted by Crippen LogP contribution is -2.40. The van der Waals surface area contributed by atoms with E-state index in [1.165, 1.54) is 38.7 Å². The fourth-order valence-electron chi connectivity index (χ4n) is 3.42. The van der Waals surface area contributed by atoms with E-state index in [-0.39, 0.29) is 41.0 Å². The van der Waals surface area contributed by atoms with E-state index in [1.807, 2.05) is 35.7 Å². The molecule has 1 aliphatic rings. The van der Waals surface area contributed by atoms with Crippen molar-refractivity contribution >= 4 is 44.0 Å². The molecule has 10 heteroatoms. The van der Waals surface area contributed by atoms with Crippen molar-refractivity contribution in [3.05, 3.63) is 77.2 Å². The Morgan fingerprint density at radius 3 is 2.64 bits per heavy atom. The van der Waals surface area contributed by atoms with Crippen LogP contribution in [0.4, 0.5) is 5.13 Å². The van der Waals surface area contributed by atoms with E-state index in [1.54, 1.807) is 6.08 Å². The highest BCUT2D eigenvalue weighted by atomic mass is 35.5. The predicted octanol–water partition coefficient (Wildman–Crippen LogP) is 4.32. The van der Waals surface area contributed by atoms with E-state index in [9.17, 15) is 13.2 Å². The normalized spacial score (nSPS) is 14.7. The van der Waals surface area contributed by atoms with Crippen LogP contribution in [0.15, 0.2) is 71.5 Å². The molecule has 0 atom stereocenters. The number of carbonyl (C=O) groups excluding carboxylic acids is 1. The van der Waals surface area contributed by atoms with Crippen LogP contribution >= 0.6 is 22.9 Å². The molecule has 2 heterocycles. The molecule has 0 N–H and O–H groups in total. The van der Waals surface area contributed by atoms with Crippen molar-refractivity contribution in [2.75, 3.05) is 37.7 Å². The van der Waals surface area contributed by atoms with Gasteiger partial charge in [0.2, 0.25) is 10.0 Å². The maximum Gasteiger partial charge on any atom is 0.260 e. The molecule has 0 radical (unpaired) electrons. The summed E-state index contributed by atoms with van der Waals surface area (Å²) in [7, 11) is -3.87. The van der Waals surface area contributed by atoms with Crippen LogP contribution in [0.3, 0.4) is 0 Å². The topological polar surface area (TPSA) is 79.8 Å². The Balaban J connectivity index is 1.66. The molecule has 0 aliphatic carbocycles. The second-order valence-electron chi connectivity index (χ2n) is 7.25. The summed E-state index contributed by atoms with van der Waals surface area (Å²) in [6, 6.07) is 13.9. The number of aromatic nitrogens is 1. The number of rotatable bonds is 7. The number of benzene rings is 2. The first-order valence-electron chi connectivity index (χ1n) is 10.2. The van der Waals surface area contributed by atoms with Crippen LogP contribution in [-0.4, -0.2) is 56.5 Å². The Hall–Kier alpha value is -2.56. The summed E-state index contributed by atoms with van der Waals surface area (Å²) in [6.45, 7) is 5.07. The summed E-state index contributed by atoms with van der Waals surface area (Å²) < 4.78 is 32.9. The molecule has 1 amide bonds. The fourth-order valence-corrected chi connectivity index (χ4v) is 6.17. The maximum absolute atomic E-state index is 13.4. The number of ether oxygens (including phenoxy) is 1. The quantitative estimate of drug-likeness (QED) is 0.449. The Bertz CT molecular complexity index is 1260. The van der Waals surface area contributed by atoms with Crippen LogP contribution in [-0.2, 0) is 14.8 Å². The summed E-state index contributed by atoms with van der Waals surface area (Å²) in [5.74, 6) is -0.390. The number of halogens is 1. The SMILES string of the molecule is C=CCN(C(=O)c1ccc(Cl)c(S(=O)(=O)N2CCOCC2)c1)c1nc(-c2ccccc2)cs1. The minimum absolute atomic E-state index is 0.0638. The van der Waals surface area contributed by atoms with Crippen molar-refractivity contribution < 1.29 is 17.9 Å². The third-order valence-electron chi connectivity index (χ3n) is 5.12. The largest absolute Gasteiger partial charge is 0.379 e. The highest BCUT2D eigenvalue weighted by Crippen LogP contribution is 2.30. The Morgan fingerprint density at radius 2 is 1.94 bits per heavy atom. The van der Waals surface area contributed by atoms with Gasteiger partial charge in [-0.15, -0.1) is 17.9 Å². The third kappa shape index (κ3) is 5.02. The zero-order valence-corrected chi connectivity index (χ0v) is 20.1. The molecule has 0 unspecified atom stereocenters. The van der Waals surface area contributed by atoms with Crippen LogP contribution < -0.4 is 4.90 Å². The first kappa shape index (κ1) is 23.6. The molecule has 7 nitrogen and oxygen atoms in total. The summed E-state index contributed by atoms with van der Waals surface area (Å²) in [4.78, 5) is 19.4. The molecule has 4 rings (SSSR count). The molecule has 172 valence electrons. The van der Waals surface area contributed by atoms with Crippen molar-refractivity contribution in [3.63, 3.8) is 0 Å². The third-order valence-corrected chi connectivity index (χ3v) is 8.36. The lowest BCUT2D eigenvalue weighted by atomic mass is 10.2. The lowest BCUT2D eigenvalue weighted by Gasteiger charge is -2.26. The van der Waals surface area contributed by atoms with Gasteiger partial charge in [0, 0.05) is 36.1 Å². The molecule has 0 bridgehead atoms. The Morgan fingerprint density at radius 1 is 1.21 bits per heavy atom. The first-order valence-corrected chi connectivity index (χ1v) is 12.9. The molecular formula is C23H22ClN3O4S2. The van der Waals surface area contributed by atoms with Crippen molar-refractivity contribution in [2.24, 2.45) is 0 Å². The molecule has 33 heavy (non-hydrogen) atoms. The maximum atomic E-state index is 13.4. The van der Waals surface area contributed by atoms with Crippen molar-refractivity contribution in [3.8, 4) is 11.3 Å². The lowest BCUT2D eigenvalue weighted by molar-refractivity contribution is 0.0730. The van der Waals surface area contributed by atoms with Crippen LogP contribution in [0.1, 0.15) is 10.4 Å². The van der Waals surface area contributed by atoms with Gasteiger partial charge in [-0.3, -0.25) is 9.69 Å². The minimum Gasteiger partial charge on any atom is -0.379 e. The van der Waals surface area contributed by atoms with E-state index in [2.05, 4.69) is 11.6 Å². The zero-order valence-electron chi connectivity index (χ0n) is 17.7. The van der Waals surface area contributed by atoms with Gasteiger partial charge in [-0.1, -0.05) is 48.0 Å². The van der Waals surface area contributed by atoms with Crippen LogP contribution in [0.25, 0.3) is 11.3 Å². The number of morpholine rings is 1. The minimum atomic E-state index is -3.87. The molecule has 1 aliphatic heterocycles. The Kier molecular flexibility index (Phi) is 7.26. The molecule has 1 fully saturated rings. The molecule has 2 aromatic carbocycles. The first-order chi connectivity index (χ1) is 15.9. The average molecular weight is 504 g/mol. The molecule has 1 aromatic heterocycles. The predicted molar refractivity (Wildman–Crippen MR) is 130 cm³/mol. The van der Waals surface area contributed by atoms with Gasteiger partial charge in [-0.25, -0.2) is 13.4 Å². The summed E-state index contributed by atoms with van der Waals surface area (Å²) >= 11 is 7.58. The van der Waals surface area contributed by atoms with Crippen LogP contribution in [0.5, 0.6) is 0 Å². The van der Waals surface area contributed by atoms with Crippen molar-refractivity contribution in [2.45, 2.75) is 4.90 Å². The molecule has 0 spiro atoms. The number of hydrogen-bond acceptors (Lipinski definition) is 6. The standard InChI is InChI=1S/C23H22ClN3O4S2/c1-2-10-27(23-25-20(16-32-23)17-6-4-3-5-7-17)22(28)18-8-9-19(24)21(15-18)33(29,30)26-11-13-31-14-12-26/h2-9,15-16H,1,10-14H2. The van der Waals surface area contributed by atoms with E-state index >= 15 is 0 Å². The van der Waals surface area contributed by atoms with Gasteiger partial charge in [0.1, 0.15) is 4.90 Å². The smallest absolute Gasteiger partial charge is 0.260 e.